The molecule has 0 spiro atoms. The average Bonchev–Trinajstić information content (AvgIpc) is 3.41. The van der Waals surface area contributed by atoms with Gasteiger partial charge in [0.2, 0.25) is 0 Å². The summed E-state index contributed by atoms with van der Waals surface area (Å²) >= 11 is 0. The van der Waals surface area contributed by atoms with Gasteiger partial charge in [0, 0.05) is 35.0 Å². The van der Waals surface area contributed by atoms with Crippen LogP contribution in [0.1, 0.15) is 28.9 Å². The summed E-state index contributed by atoms with van der Waals surface area (Å²) in [5.74, 6) is 1.000. The molecule has 0 aliphatic heterocycles. The summed E-state index contributed by atoms with van der Waals surface area (Å²) in [5, 5.41) is 0. The highest BCUT2D eigenvalue weighted by atomic mass is 15.1. The summed E-state index contributed by atoms with van der Waals surface area (Å²) in [6.07, 6.45) is 7.59. The van der Waals surface area contributed by atoms with Gasteiger partial charge in [-0.3, -0.25) is 4.57 Å². The van der Waals surface area contributed by atoms with E-state index < -0.39 is 0 Å². The number of fused-ring (bicyclic) bond motifs is 1. The lowest BCUT2D eigenvalue weighted by Gasteiger charge is -2.14. The Morgan fingerprint density at radius 2 is 1.70 bits per heavy atom. The molecule has 0 radical (unpaired) electrons. The number of benzene rings is 2. The lowest BCUT2D eigenvalue weighted by atomic mass is 10.1. The molecule has 0 saturated heterocycles. The van der Waals surface area contributed by atoms with Gasteiger partial charge in [-0.05, 0) is 74.6 Å². The zero-order valence-corrected chi connectivity index (χ0v) is 15.8. The van der Waals surface area contributed by atoms with Crippen LogP contribution in [0.15, 0.2) is 67.0 Å². The van der Waals surface area contributed by atoms with Gasteiger partial charge in [0.05, 0.1) is 5.69 Å². The fourth-order valence-electron chi connectivity index (χ4n) is 4.40. The van der Waals surface area contributed by atoms with E-state index in [9.17, 15) is 0 Å². The summed E-state index contributed by atoms with van der Waals surface area (Å²) in [6.45, 7) is 4.29. The van der Waals surface area contributed by atoms with Crippen LogP contribution in [0.2, 0.25) is 0 Å². The van der Waals surface area contributed by atoms with Gasteiger partial charge in [0.15, 0.2) is 0 Å². The molecular weight excluding hydrogens is 330 g/mol. The van der Waals surface area contributed by atoms with Gasteiger partial charge in [-0.15, -0.1) is 0 Å². The molecule has 0 saturated carbocycles. The van der Waals surface area contributed by atoms with Crippen molar-refractivity contribution >= 4 is 0 Å². The molecular formula is C24H23N3. The van der Waals surface area contributed by atoms with Crippen LogP contribution in [0.25, 0.3) is 22.8 Å². The maximum Gasteiger partial charge on any atom is 0.144 e. The smallest absolute Gasteiger partial charge is 0.144 e. The molecule has 2 heterocycles. The highest BCUT2D eigenvalue weighted by molar-refractivity contribution is 5.64. The van der Waals surface area contributed by atoms with Crippen LogP contribution >= 0.6 is 0 Å². The highest BCUT2D eigenvalue weighted by Crippen LogP contribution is 2.31. The number of rotatable bonds is 3. The van der Waals surface area contributed by atoms with Crippen molar-refractivity contribution < 1.29 is 0 Å². The largest absolute Gasteiger partial charge is 0.318 e. The number of aromatic nitrogens is 3. The minimum absolute atomic E-state index is 1.000. The molecule has 1 aliphatic rings. The molecule has 3 nitrogen and oxygen atoms in total. The lowest BCUT2D eigenvalue weighted by molar-refractivity contribution is 0.905. The molecule has 134 valence electrons. The summed E-state index contributed by atoms with van der Waals surface area (Å²) in [7, 11) is 0. The minimum atomic E-state index is 1.000. The second-order valence-electron chi connectivity index (χ2n) is 7.39. The Morgan fingerprint density at radius 1 is 0.889 bits per heavy atom. The molecule has 1 aliphatic carbocycles. The van der Waals surface area contributed by atoms with Crippen molar-refractivity contribution in [1.29, 1.82) is 0 Å². The topological polar surface area (TPSA) is 22.8 Å². The maximum atomic E-state index is 4.71. The molecule has 0 bridgehead atoms. The Hall–Kier alpha value is -3.07. The predicted molar refractivity (Wildman–Crippen MR) is 110 cm³/mol. The van der Waals surface area contributed by atoms with E-state index in [4.69, 9.17) is 4.98 Å². The first-order valence-electron chi connectivity index (χ1n) is 9.62. The molecule has 0 atom stereocenters. The first-order valence-corrected chi connectivity index (χ1v) is 9.62. The molecule has 4 aromatic rings. The van der Waals surface area contributed by atoms with Gasteiger partial charge >= 0.3 is 0 Å². The van der Waals surface area contributed by atoms with E-state index in [-0.39, 0.29) is 0 Å². The highest BCUT2D eigenvalue weighted by Gasteiger charge is 2.18. The monoisotopic (exact) mass is 353 g/mol. The van der Waals surface area contributed by atoms with E-state index in [2.05, 4.69) is 83.8 Å². The van der Waals surface area contributed by atoms with Crippen molar-refractivity contribution in [3.05, 3.63) is 89.5 Å². The van der Waals surface area contributed by atoms with Crippen LogP contribution in [-0.2, 0) is 12.8 Å². The molecule has 0 unspecified atom stereocenters. The van der Waals surface area contributed by atoms with Gasteiger partial charge in [-0.25, -0.2) is 4.98 Å². The number of hydrogen-bond donors (Lipinski definition) is 0. The average molecular weight is 353 g/mol. The number of aryl methyl sites for hydroxylation is 3. The van der Waals surface area contributed by atoms with Crippen LogP contribution in [0, 0.1) is 13.8 Å². The van der Waals surface area contributed by atoms with Gasteiger partial charge in [0.25, 0.3) is 0 Å². The summed E-state index contributed by atoms with van der Waals surface area (Å²) in [6, 6.07) is 19.7. The van der Waals surface area contributed by atoms with Crippen molar-refractivity contribution in [3.8, 4) is 22.8 Å². The molecule has 0 N–H and O–H groups in total. The molecule has 5 rings (SSSR count). The van der Waals surface area contributed by atoms with Crippen LogP contribution in [-0.4, -0.2) is 14.1 Å². The number of imidazole rings is 1. The third kappa shape index (κ3) is 2.62. The number of hydrogen-bond acceptors (Lipinski definition) is 1. The summed E-state index contributed by atoms with van der Waals surface area (Å²) in [5.41, 5.74) is 9.05. The van der Waals surface area contributed by atoms with Crippen LogP contribution in [0.5, 0.6) is 0 Å². The van der Waals surface area contributed by atoms with Crippen LogP contribution in [0.3, 0.4) is 0 Å². The summed E-state index contributed by atoms with van der Waals surface area (Å²) < 4.78 is 4.54. The van der Waals surface area contributed by atoms with Gasteiger partial charge < -0.3 is 4.57 Å². The third-order valence-electron chi connectivity index (χ3n) is 5.66. The van der Waals surface area contributed by atoms with E-state index in [1.807, 2.05) is 6.20 Å². The Bertz CT molecular complexity index is 1110. The van der Waals surface area contributed by atoms with Gasteiger partial charge in [-0.2, -0.15) is 0 Å². The van der Waals surface area contributed by atoms with Crippen LogP contribution < -0.4 is 0 Å². The van der Waals surface area contributed by atoms with E-state index in [1.165, 1.54) is 46.7 Å². The molecule has 2 aromatic carbocycles. The third-order valence-corrected chi connectivity index (χ3v) is 5.66. The Balaban J connectivity index is 1.64. The van der Waals surface area contributed by atoms with Crippen molar-refractivity contribution in [1.82, 2.24) is 14.1 Å². The molecule has 0 amide bonds. The molecule has 27 heavy (non-hydrogen) atoms. The van der Waals surface area contributed by atoms with E-state index in [1.54, 1.807) is 0 Å². The maximum absolute atomic E-state index is 4.71. The SMILES string of the molecule is Cc1ccc(C)n1-c1cccc(-c2nccn2-c2cccc3c2CCC3)c1. The standard InChI is InChI=1S/C24H23N3/c1-17-12-13-18(2)27(17)21-9-3-8-20(16-21)24-25-14-15-26(24)23-11-5-7-19-6-4-10-22(19)23/h3,5,7-9,11-16H,4,6,10H2,1-2H3. The first-order chi connectivity index (χ1) is 13.2. The molecule has 3 heteroatoms. The predicted octanol–water partition coefficient (Wildman–Crippen LogP) is 5.44. The molecule has 2 aromatic heterocycles. The fraction of sp³-hybridized carbons (Fsp3) is 0.208. The van der Waals surface area contributed by atoms with E-state index in [0.29, 0.717) is 0 Å². The zero-order chi connectivity index (χ0) is 18.4. The Kier molecular flexibility index (Phi) is 3.75. The van der Waals surface area contributed by atoms with Crippen molar-refractivity contribution in [3.63, 3.8) is 0 Å². The lowest BCUT2D eigenvalue weighted by Crippen LogP contribution is -2.02. The normalized spacial score (nSPS) is 13.1. The Labute approximate surface area is 159 Å². The van der Waals surface area contributed by atoms with E-state index >= 15 is 0 Å². The Morgan fingerprint density at radius 3 is 2.56 bits per heavy atom. The van der Waals surface area contributed by atoms with Gasteiger partial charge in [0.1, 0.15) is 5.82 Å². The zero-order valence-electron chi connectivity index (χ0n) is 15.8. The van der Waals surface area contributed by atoms with E-state index in [0.717, 1.165) is 17.8 Å². The first kappa shape index (κ1) is 16.1. The van der Waals surface area contributed by atoms with Crippen molar-refractivity contribution in [2.24, 2.45) is 0 Å². The summed E-state index contributed by atoms with van der Waals surface area (Å²) in [4.78, 5) is 4.71. The second kappa shape index (κ2) is 6.27. The van der Waals surface area contributed by atoms with Crippen LogP contribution in [0.4, 0.5) is 0 Å². The second-order valence-corrected chi connectivity index (χ2v) is 7.39. The molecule has 0 fully saturated rings. The quantitative estimate of drug-likeness (QED) is 0.481. The van der Waals surface area contributed by atoms with Crippen molar-refractivity contribution in [2.45, 2.75) is 33.1 Å². The number of nitrogens with zero attached hydrogens (tertiary/aromatic N) is 3. The van der Waals surface area contributed by atoms with Crippen molar-refractivity contribution in [2.75, 3.05) is 0 Å². The fourth-order valence-corrected chi connectivity index (χ4v) is 4.40. The minimum Gasteiger partial charge on any atom is -0.318 e. The van der Waals surface area contributed by atoms with Gasteiger partial charge in [-0.1, -0.05) is 24.3 Å².